The van der Waals surface area contributed by atoms with Crippen molar-refractivity contribution in [3.63, 3.8) is 0 Å². The highest BCUT2D eigenvalue weighted by Gasteiger charge is 2.34. The topological polar surface area (TPSA) is 94.2 Å². The second-order valence-electron chi connectivity index (χ2n) is 6.83. The fourth-order valence-corrected chi connectivity index (χ4v) is 3.39. The van der Waals surface area contributed by atoms with E-state index in [9.17, 15) is 9.59 Å². The molecule has 0 bridgehead atoms. The molecule has 1 heterocycles. The molecule has 2 N–H and O–H groups in total. The molecule has 30 heavy (non-hydrogen) atoms. The van der Waals surface area contributed by atoms with E-state index in [2.05, 4.69) is 5.16 Å². The third-order valence-corrected chi connectivity index (χ3v) is 4.75. The number of fused-ring (bicyclic) bond motifs is 2. The Balaban J connectivity index is 1.36. The fourth-order valence-electron chi connectivity index (χ4n) is 3.39. The SMILES string of the molecule is NC(=O)CN1C(=O)c2ccccc2/C1=N\OCCCOc1cccc2ccccc12. The Labute approximate surface area is 173 Å². The summed E-state index contributed by atoms with van der Waals surface area (Å²) in [7, 11) is 0. The van der Waals surface area contributed by atoms with Gasteiger partial charge in [-0.2, -0.15) is 0 Å². The van der Waals surface area contributed by atoms with Gasteiger partial charge >= 0.3 is 0 Å². The van der Waals surface area contributed by atoms with Crippen LogP contribution in [0.5, 0.6) is 5.75 Å². The van der Waals surface area contributed by atoms with Crippen molar-refractivity contribution in [3.05, 3.63) is 77.9 Å². The Hall–Kier alpha value is -3.87. The summed E-state index contributed by atoms with van der Waals surface area (Å²) in [6, 6.07) is 21.0. The van der Waals surface area contributed by atoms with Crippen molar-refractivity contribution in [2.75, 3.05) is 19.8 Å². The smallest absolute Gasteiger partial charge is 0.260 e. The summed E-state index contributed by atoms with van der Waals surface area (Å²) in [6.07, 6.45) is 0.603. The zero-order valence-corrected chi connectivity index (χ0v) is 16.3. The monoisotopic (exact) mass is 403 g/mol. The van der Waals surface area contributed by atoms with Crippen LogP contribution >= 0.6 is 0 Å². The van der Waals surface area contributed by atoms with Crippen LogP contribution in [-0.4, -0.2) is 42.3 Å². The van der Waals surface area contributed by atoms with Crippen LogP contribution in [0, 0.1) is 0 Å². The first-order valence-corrected chi connectivity index (χ1v) is 9.65. The number of amides is 2. The van der Waals surface area contributed by atoms with Crippen LogP contribution < -0.4 is 10.5 Å². The van der Waals surface area contributed by atoms with Crippen LogP contribution in [0.2, 0.25) is 0 Å². The third kappa shape index (κ3) is 3.96. The quantitative estimate of drug-likeness (QED) is 0.462. The normalized spacial score (nSPS) is 14.2. The molecule has 0 aliphatic carbocycles. The first kappa shape index (κ1) is 19.4. The van der Waals surface area contributed by atoms with Gasteiger partial charge in [-0.3, -0.25) is 14.5 Å². The third-order valence-electron chi connectivity index (χ3n) is 4.75. The molecule has 2 amide bonds. The minimum absolute atomic E-state index is 0.250. The molecule has 7 nitrogen and oxygen atoms in total. The van der Waals surface area contributed by atoms with Gasteiger partial charge < -0.3 is 15.3 Å². The van der Waals surface area contributed by atoms with Crippen LogP contribution in [0.15, 0.2) is 71.9 Å². The molecule has 0 aromatic heterocycles. The van der Waals surface area contributed by atoms with E-state index in [1.165, 1.54) is 4.90 Å². The van der Waals surface area contributed by atoms with Crippen LogP contribution in [0.3, 0.4) is 0 Å². The van der Waals surface area contributed by atoms with E-state index in [1.807, 2.05) is 42.5 Å². The standard InChI is InChI=1S/C23H21N3O4/c24-21(27)15-26-22(18-10-3-4-11-19(18)23(26)28)25-30-14-6-13-29-20-12-5-8-16-7-1-2-9-17(16)20/h1-5,7-12H,6,13-15H2,(H2,24,27)/b25-22+. The minimum atomic E-state index is -0.618. The molecule has 3 aromatic carbocycles. The van der Waals surface area contributed by atoms with E-state index in [4.69, 9.17) is 15.3 Å². The van der Waals surface area contributed by atoms with E-state index in [0.29, 0.717) is 36.6 Å². The number of oxime groups is 1. The maximum Gasteiger partial charge on any atom is 0.260 e. The van der Waals surface area contributed by atoms with E-state index >= 15 is 0 Å². The van der Waals surface area contributed by atoms with Gasteiger partial charge in [0.25, 0.3) is 5.91 Å². The van der Waals surface area contributed by atoms with E-state index in [-0.39, 0.29) is 12.5 Å². The lowest BCUT2D eigenvalue weighted by molar-refractivity contribution is -0.118. The highest BCUT2D eigenvalue weighted by Crippen LogP contribution is 2.25. The van der Waals surface area contributed by atoms with E-state index in [1.54, 1.807) is 24.3 Å². The first-order chi connectivity index (χ1) is 14.6. The number of primary amides is 1. The van der Waals surface area contributed by atoms with E-state index in [0.717, 1.165) is 16.5 Å². The molecule has 7 heteroatoms. The Morgan fingerprint density at radius 3 is 2.50 bits per heavy atom. The number of carbonyl (C=O) groups excluding carboxylic acids is 2. The molecule has 0 radical (unpaired) electrons. The van der Waals surface area contributed by atoms with Gasteiger partial charge in [0.1, 0.15) is 18.9 Å². The molecule has 0 unspecified atom stereocenters. The molecule has 0 spiro atoms. The lowest BCUT2D eigenvalue weighted by atomic mass is 10.1. The largest absolute Gasteiger partial charge is 0.493 e. The van der Waals surface area contributed by atoms with Gasteiger partial charge in [-0.05, 0) is 17.5 Å². The molecule has 3 aromatic rings. The van der Waals surface area contributed by atoms with Crippen molar-refractivity contribution in [1.82, 2.24) is 4.90 Å². The molecule has 1 aliphatic rings. The second kappa shape index (κ2) is 8.65. The number of ether oxygens (including phenoxy) is 1. The maximum atomic E-state index is 12.5. The Bertz CT molecular complexity index is 1120. The molecule has 1 aliphatic heterocycles. The van der Waals surface area contributed by atoms with Crippen molar-refractivity contribution >= 4 is 28.4 Å². The van der Waals surface area contributed by atoms with Crippen molar-refractivity contribution in [3.8, 4) is 5.75 Å². The summed E-state index contributed by atoms with van der Waals surface area (Å²) in [6.45, 7) is 0.508. The van der Waals surface area contributed by atoms with Gasteiger partial charge in [0.05, 0.1) is 12.2 Å². The molecule has 0 fully saturated rings. The van der Waals surface area contributed by atoms with Gasteiger partial charge in [-0.25, -0.2) is 0 Å². The number of benzene rings is 3. The van der Waals surface area contributed by atoms with E-state index < -0.39 is 5.91 Å². The van der Waals surface area contributed by atoms with Crippen LogP contribution in [-0.2, 0) is 9.63 Å². The predicted octanol–water partition coefficient (Wildman–Crippen LogP) is 2.93. The zero-order chi connectivity index (χ0) is 20.9. The molecule has 152 valence electrons. The lowest BCUT2D eigenvalue weighted by Crippen LogP contribution is -2.38. The summed E-state index contributed by atoms with van der Waals surface area (Å²) in [4.78, 5) is 30.5. The van der Waals surface area contributed by atoms with Gasteiger partial charge in [0.2, 0.25) is 5.91 Å². The number of amidine groups is 1. The zero-order valence-electron chi connectivity index (χ0n) is 16.3. The first-order valence-electron chi connectivity index (χ1n) is 9.65. The number of carbonyl (C=O) groups is 2. The second-order valence-corrected chi connectivity index (χ2v) is 6.83. The van der Waals surface area contributed by atoms with Crippen LogP contribution in [0.25, 0.3) is 10.8 Å². The van der Waals surface area contributed by atoms with Crippen molar-refractivity contribution < 1.29 is 19.2 Å². The van der Waals surface area contributed by atoms with Gasteiger partial charge in [0.15, 0.2) is 5.84 Å². The van der Waals surface area contributed by atoms with Crippen LogP contribution in [0.4, 0.5) is 0 Å². The average molecular weight is 403 g/mol. The molecule has 4 rings (SSSR count). The van der Waals surface area contributed by atoms with Crippen LogP contribution in [0.1, 0.15) is 22.3 Å². The molecular formula is C23H21N3O4. The lowest BCUT2D eigenvalue weighted by Gasteiger charge is -2.14. The summed E-state index contributed by atoms with van der Waals surface area (Å²) < 4.78 is 5.88. The fraction of sp³-hybridized carbons (Fsp3) is 0.174. The number of nitrogens with two attached hydrogens (primary N) is 1. The molecule has 0 atom stereocenters. The number of hydrogen-bond donors (Lipinski definition) is 1. The molecular weight excluding hydrogens is 382 g/mol. The van der Waals surface area contributed by atoms with Gasteiger partial charge in [0, 0.05) is 17.4 Å². The maximum absolute atomic E-state index is 12.5. The van der Waals surface area contributed by atoms with Crippen molar-refractivity contribution in [2.45, 2.75) is 6.42 Å². The molecule has 0 saturated heterocycles. The highest BCUT2D eigenvalue weighted by molar-refractivity contribution is 6.24. The Morgan fingerprint density at radius 2 is 1.67 bits per heavy atom. The number of rotatable bonds is 8. The van der Waals surface area contributed by atoms with Crippen molar-refractivity contribution in [1.29, 1.82) is 0 Å². The van der Waals surface area contributed by atoms with Gasteiger partial charge in [-0.15, -0.1) is 0 Å². The molecule has 0 saturated carbocycles. The predicted molar refractivity (Wildman–Crippen MR) is 113 cm³/mol. The minimum Gasteiger partial charge on any atom is -0.493 e. The summed E-state index contributed by atoms with van der Waals surface area (Å²) in [5.41, 5.74) is 6.37. The Kier molecular flexibility index (Phi) is 5.61. The average Bonchev–Trinajstić information content (AvgIpc) is 3.02. The summed E-state index contributed by atoms with van der Waals surface area (Å²) >= 11 is 0. The van der Waals surface area contributed by atoms with Crippen molar-refractivity contribution in [2.24, 2.45) is 10.9 Å². The number of hydrogen-bond acceptors (Lipinski definition) is 5. The number of nitrogens with zero attached hydrogens (tertiary/aromatic N) is 2. The Morgan fingerprint density at radius 1 is 0.933 bits per heavy atom. The summed E-state index contributed by atoms with van der Waals surface area (Å²) in [5, 5.41) is 6.28. The highest BCUT2D eigenvalue weighted by atomic mass is 16.6. The summed E-state index contributed by atoms with van der Waals surface area (Å²) in [5.74, 6) is 0.185. The van der Waals surface area contributed by atoms with Gasteiger partial charge in [-0.1, -0.05) is 59.8 Å².